The van der Waals surface area contributed by atoms with Crippen LogP contribution in [0, 0.1) is 13.8 Å². The molecule has 5 rings (SSSR count). The van der Waals surface area contributed by atoms with E-state index in [1.165, 1.54) is 33.3 Å². The molecule has 2 N–H and O–H groups in total. The van der Waals surface area contributed by atoms with Crippen LogP contribution in [0.4, 0.5) is 0 Å². The van der Waals surface area contributed by atoms with Crippen molar-refractivity contribution in [2.24, 2.45) is 0 Å². The molecule has 198 valence electrons. The monoisotopic (exact) mass is 502 g/mol. The minimum absolute atomic E-state index is 0.0127. The third-order valence-electron chi connectivity index (χ3n) is 8.39. The van der Waals surface area contributed by atoms with Gasteiger partial charge in [-0.05, 0) is 93.7 Å². The van der Waals surface area contributed by atoms with Gasteiger partial charge in [-0.1, -0.05) is 19.9 Å². The van der Waals surface area contributed by atoms with Crippen LogP contribution in [0.5, 0.6) is 0 Å². The summed E-state index contributed by atoms with van der Waals surface area (Å²) in [5, 5.41) is 4.84. The third kappa shape index (κ3) is 5.60. The first-order valence-corrected chi connectivity index (χ1v) is 13.9. The van der Waals surface area contributed by atoms with E-state index in [0.717, 1.165) is 63.4 Å². The number of hydrogen-bond donors (Lipinski definition) is 2. The van der Waals surface area contributed by atoms with Gasteiger partial charge in [-0.3, -0.25) is 9.78 Å². The molecule has 0 radical (unpaired) electrons. The first-order valence-electron chi connectivity index (χ1n) is 13.9. The Labute approximate surface area is 221 Å². The average Bonchev–Trinajstić information content (AvgIpc) is 3.27. The molecule has 2 aromatic heterocycles. The van der Waals surface area contributed by atoms with E-state index in [1.54, 1.807) is 0 Å². The van der Waals surface area contributed by atoms with Crippen molar-refractivity contribution in [3.05, 3.63) is 52.8 Å². The largest absolute Gasteiger partial charge is 0.381 e. The van der Waals surface area contributed by atoms with Crippen LogP contribution in [0.15, 0.2) is 30.3 Å². The molecule has 0 bridgehead atoms. The summed E-state index contributed by atoms with van der Waals surface area (Å²) in [5.41, 5.74) is 8.48. The molecule has 4 heterocycles. The maximum absolute atomic E-state index is 12.9. The number of nitrogens with one attached hydrogen (secondary N) is 2. The number of rotatable bonds is 6. The van der Waals surface area contributed by atoms with Gasteiger partial charge < -0.3 is 19.9 Å². The Balaban J connectivity index is 1.29. The maximum atomic E-state index is 12.9. The number of hydrogen-bond acceptors (Lipinski definition) is 4. The summed E-state index contributed by atoms with van der Waals surface area (Å²) in [6.45, 7) is 14.5. The van der Waals surface area contributed by atoms with Crippen molar-refractivity contribution in [3.63, 3.8) is 0 Å². The molecule has 2 saturated heterocycles. The lowest BCUT2D eigenvalue weighted by Gasteiger charge is -2.36. The highest BCUT2D eigenvalue weighted by Crippen LogP contribution is 2.38. The minimum Gasteiger partial charge on any atom is -0.381 e. The molecular formula is C31H42N4O2. The second-order valence-corrected chi connectivity index (χ2v) is 11.7. The molecular weight excluding hydrogens is 460 g/mol. The first kappa shape index (κ1) is 25.9. The van der Waals surface area contributed by atoms with E-state index >= 15 is 0 Å². The van der Waals surface area contributed by atoms with E-state index in [0.29, 0.717) is 18.4 Å². The van der Waals surface area contributed by atoms with Gasteiger partial charge in [0.05, 0.1) is 12.2 Å². The molecule has 2 fully saturated rings. The van der Waals surface area contributed by atoms with Gasteiger partial charge in [-0.2, -0.15) is 0 Å². The summed E-state index contributed by atoms with van der Waals surface area (Å²) in [5.74, 6) is 1.11. The van der Waals surface area contributed by atoms with Crippen LogP contribution in [-0.4, -0.2) is 59.2 Å². The number of amides is 1. The van der Waals surface area contributed by atoms with Crippen LogP contribution < -0.4 is 5.32 Å². The van der Waals surface area contributed by atoms with E-state index in [2.05, 4.69) is 80.2 Å². The second kappa shape index (κ2) is 10.6. The molecule has 0 aliphatic carbocycles. The molecule has 2 aliphatic heterocycles. The van der Waals surface area contributed by atoms with E-state index in [-0.39, 0.29) is 11.4 Å². The Morgan fingerprint density at radius 3 is 2.46 bits per heavy atom. The predicted molar refractivity (Wildman–Crippen MR) is 150 cm³/mol. The fourth-order valence-corrected chi connectivity index (χ4v) is 6.15. The lowest BCUT2D eigenvalue weighted by atomic mass is 9.87. The highest BCUT2D eigenvalue weighted by molar-refractivity contribution is 5.92. The summed E-state index contributed by atoms with van der Waals surface area (Å²) in [7, 11) is 0. The van der Waals surface area contributed by atoms with Crippen molar-refractivity contribution < 1.29 is 9.53 Å². The molecule has 3 aromatic rings. The Kier molecular flexibility index (Phi) is 7.42. The SMILES string of the molecule is Cc1cc(-c2[nH]c3ccc(C4CCN(C(=O)CNC5(C)CCOCC5)CC4)cc3c2C(C)C)cc(C)n1. The number of carbonyl (C=O) groups is 1. The van der Waals surface area contributed by atoms with E-state index in [4.69, 9.17) is 4.74 Å². The van der Waals surface area contributed by atoms with Crippen molar-refractivity contribution in [2.75, 3.05) is 32.8 Å². The van der Waals surface area contributed by atoms with Gasteiger partial charge in [0.15, 0.2) is 0 Å². The lowest BCUT2D eigenvalue weighted by molar-refractivity contribution is -0.131. The number of pyridine rings is 1. The number of carbonyl (C=O) groups excluding carboxylic acids is 1. The summed E-state index contributed by atoms with van der Waals surface area (Å²) in [6.07, 6.45) is 3.95. The molecule has 1 amide bonds. The quantitative estimate of drug-likeness (QED) is 0.445. The van der Waals surface area contributed by atoms with Gasteiger partial charge >= 0.3 is 0 Å². The van der Waals surface area contributed by atoms with Crippen LogP contribution >= 0.6 is 0 Å². The number of likely N-dealkylation sites (tertiary alicyclic amines) is 1. The Morgan fingerprint density at radius 2 is 1.81 bits per heavy atom. The summed E-state index contributed by atoms with van der Waals surface area (Å²) < 4.78 is 5.48. The van der Waals surface area contributed by atoms with Crippen LogP contribution in [0.25, 0.3) is 22.2 Å². The van der Waals surface area contributed by atoms with Crippen LogP contribution in [0.1, 0.15) is 80.8 Å². The van der Waals surface area contributed by atoms with E-state index in [9.17, 15) is 4.79 Å². The normalized spacial score (nSPS) is 18.6. The van der Waals surface area contributed by atoms with Crippen molar-refractivity contribution in [1.82, 2.24) is 20.2 Å². The zero-order chi connectivity index (χ0) is 26.2. The summed E-state index contributed by atoms with van der Waals surface area (Å²) >= 11 is 0. The molecule has 1 aromatic carbocycles. The van der Waals surface area contributed by atoms with Crippen molar-refractivity contribution in [3.8, 4) is 11.3 Å². The molecule has 37 heavy (non-hydrogen) atoms. The molecule has 6 heteroatoms. The molecule has 0 atom stereocenters. The lowest BCUT2D eigenvalue weighted by Crippen LogP contribution is -2.51. The molecule has 6 nitrogen and oxygen atoms in total. The highest BCUT2D eigenvalue weighted by atomic mass is 16.5. The summed E-state index contributed by atoms with van der Waals surface area (Å²) in [4.78, 5) is 23.3. The van der Waals surface area contributed by atoms with Crippen molar-refractivity contribution >= 4 is 16.8 Å². The van der Waals surface area contributed by atoms with Gasteiger partial charge in [0.2, 0.25) is 5.91 Å². The fourth-order valence-electron chi connectivity index (χ4n) is 6.15. The first-order chi connectivity index (χ1) is 17.7. The number of fused-ring (bicyclic) bond motifs is 1. The number of aryl methyl sites for hydroxylation is 2. The zero-order valence-corrected chi connectivity index (χ0v) is 23.1. The van der Waals surface area contributed by atoms with Crippen LogP contribution in [0.3, 0.4) is 0 Å². The number of H-pyrrole nitrogens is 1. The van der Waals surface area contributed by atoms with Crippen LogP contribution in [-0.2, 0) is 9.53 Å². The van der Waals surface area contributed by atoms with Crippen LogP contribution in [0.2, 0.25) is 0 Å². The molecule has 0 unspecified atom stereocenters. The number of ether oxygens (including phenoxy) is 1. The standard InChI is InChI=1S/C31H42N4O2/c1-20(2)29-26-18-24(6-7-27(26)34-30(29)25-16-21(3)33-22(4)17-25)23-8-12-35(13-9-23)28(36)19-32-31(5)10-14-37-15-11-31/h6-7,16-18,20,23,32,34H,8-15,19H2,1-5H3. The number of nitrogens with zero attached hydrogens (tertiary/aromatic N) is 2. The average molecular weight is 503 g/mol. The Bertz CT molecular complexity index is 1240. The molecule has 0 saturated carbocycles. The van der Waals surface area contributed by atoms with E-state index < -0.39 is 0 Å². The maximum Gasteiger partial charge on any atom is 0.236 e. The van der Waals surface area contributed by atoms with Gasteiger partial charge in [0.25, 0.3) is 0 Å². The Hall–Kier alpha value is -2.70. The molecule has 0 spiro atoms. The van der Waals surface area contributed by atoms with Gasteiger partial charge in [-0.15, -0.1) is 0 Å². The minimum atomic E-state index is 0.0127. The highest BCUT2D eigenvalue weighted by Gasteiger charge is 2.29. The number of aromatic amines is 1. The van der Waals surface area contributed by atoms with Gasteiger partial charge in [0.1, 0.15) is 0 Å². The Morgan fingerprint density at radius 1 is 1.14 bits per heavy atom. The van der Waals surface area contributed by atoms with Crippen molar-refractivity contribution in [2.45, 2.75) is 77.7 Å². The third-order valence-corrected chi connectivity index (χ3v) is 8.39. The molecule has 2 aliphatic rings. The topological polar surface area (TPSA) is 70.2 Å². The van der Waals surface area contributed by atoms with Gasteiger partial charge in [-0.25, -0.2) is 0 Å². The zero-order valence-electron chi connectivity index (χ0n) is 23.1. The van der Waals surface area contributed by atoms with Gasteiger partial charge in [0, 0.05) is 59.7 Å². The fraction of sp³-hybridized carbons (Fsp3) is 0.548. The summed E-state index contributed by atoms with van der Waals surface area (Å²) in [6, 6.07) is 11.3. The predicted octanol–water partition coefficient (Wildman–Crippen LogP) is 5.83. The van der Waals surface area contributed by atoms with E-state index in [1.807, 2.05) is 4.90 Å². The van der Waals surface area contributed by atoms with Crippen molar-refractivity contribution in [1.29, 1.82) is 0 Å². The number of benzene rings is 1. The smallest absolute Gasteiger partial charge is 0.236 e. The number of aromatic nitrogens is 2. The number of piperidine rings is 1. The second-order valence-electron chi connectivity index (χ2n) is 11.7.